The molecule has 1 aliphatic heterocycles. The Morgan fingerprint density at radius 1 is 1.35 bits per heavy atom. The molecule has 1 atom stereocenters. The Morgan fingerprint density at radius 3 is 2.96 bits per heavy atom. The third-order valence-corrected chi connectivity index (χ3v) is 4.91. The molecular formula is C18H23NO3S. The highest BCUT2D eigenvalue weighted by Gasteiger charge is 2.21. The second-order valence-corrected chi connectivity index (χ2v) is 6.67. The lowest BCUT2D eigenvalue weighted by molar-refractivity contribution is 0.0674. The van der Waals surface area contributed by atoms with Gasteiger partial charge in [-0.15, -0.1) is 0 Å². The Balaban J connectivity index is 1.77. The van der Waals surface area contributed by atoms with Crippen molar-refractivity contribution in [3.05, 3.63) is 46.2 Å². The molecule has 0 radical (unpaired) electrons. The number of methoxy groups -OCH3 is 1. The monoisotopic (exact) mass is 333 g/mol. The topological polar surface area (TPSA) is 41.9 Å². The quantitative estimate of drug-likeness (QED) is 0.840. The summed E-state index contributed by atoms with van der Waals surface area (Å²) in [5, 5.41) is 14.5. The standard InChI is InChI=1S/C18H23NO3S/c1-21-18-6-2-5-17(20)16(18)12-19(10-14-7-9-23-13-14)11-15-4-3-8-22-15/h2,5-7,9,13,15,20H,3-4,8,10-12H2,1H3. The second kappa shape index (κ2) is 7.81. The molecule has 3 rings (SSSR count). The molecule has 0 saturated carbocycles. The van der Waals surface area contributed by atoms with Gasteiger partial charge in [0.05, 0.1) is 13.2 Å². The Hall–Kier alpha value is -1.56. The van der Waals surface area contributed by atoms with Gasteiger partial charge in [-0.2, -0.15) is 11.3 Å². The molecule has 124 valence electrons. The number of hydrogen-bond donors (Lipinski definition) is 1. The van der Waals surface area contributed by atoms with Crippen LogP contribution in [0.3, 0.4) is 0 Å². The van der Waals surface area contributed by atoms with Crippen molar-refractivity contribution in [2.75, 3.05) is 20.3 Å². The summed E-state index contributed by atoms with van der Waals surface area (Å²) in [6.07, 6.45) is 2.53. The minimum Gasteiger partial charge on any atom is -0.507 e. The molecule has 0 aliphatic carbocycles. The molecule has 1 saturated heterocycles. The molecule has 1 fully saturated rings. The Bertz CT molecular complexity index is 609. The number of rotatable bonds is 7. The normalized spacial score (nSPS) is 17.7. The van der Waals surface area contributed by atoms with Crippen LogP contribution >= 0.6 is 11.3 Å². The predicted molar refractivity (Wildman–Crippen MR) is 92.1 cm³/mol. The summed E-state index contributed by atoms with van der Waals surface area (Å²) in [4.78, 5) is 2.33. The van der Waals surface area contributed by atoms with Gasteiger partial charge in [-0.3, -0.25) is 4.90 Å². The summed E-state index contributed by atoms with van der Waals surface area (Å²) in [7, 11) is 1.64. The van der Waals surface area contributed by atoms with E-state index < -0.39 is 0 Å². The molecule has 1 aromatic heterocycles. The molecule has 1 N–H and O–H groups in total. The van der Waals surface area contributed by atoms with E-state index in [1.54, 1.807) is 30.6 Å². The van der Waals surface area contributed by atoms with Crippen LogP contribution in [0.1, 0.15) is 24.0 Å². The van der Waals surface area contributed by atoms with Crippen LogP contribution in [0.15, 0.2) is 35.0 Å². The summed E-state index contributed by atoms with van der Waals surface area (Å²) in [5.74, 6) is 1.01. The van der Waals surface area contributed by atoms with Crippen LogP contribution in [0.2, 0.25) is 0 Å². The molecule has 5 heteroatoms. The number of aromatic hydroxyl groups is 1. The van der Waals surface area contributed by atoms with Crippen molar-refractivity contribution in [1.82, 2.24) is 4.90 Å². The lowest BCUT2D eigenvalue weighted by Gasteiger charge is -2.26. The van der Waals surface area contributed by atoms with E-state index in [9.17, 15) is 5.11 Å². The van der Waals surface area contributed by atoms with Crippen molar-refractivity contribution in [2.45, 2.75) is 32.0 Å². The zero-order valence-electron chi connectivity index (χ0n) is 13.4. The number of thiophene rings is 1. The average molecular weight is 333 g/mol. The maximum atomic E-state index is 10.2. The summed E-state index contributed by atoms with van der Waals surface area (Å²) in [6.45, 7) is 3.22. The van der Waals surface area contributed by atoms with E-state index in [0.29, 0.717) is 6.54 Å². The number of phenols is 1. The molecule has 1 aromatic carbocycles. The van der Waals surface area contributed by atoms with Crippen LogP contribution in [-0.2, 0) is 17.8 Å². The van der Waals surface area contributed by atoms with E-state index in [1.165, 1.54) is 5.56 Å². The number of phenolic OH excluding ortho intramolecular Hbond substituents is 1. The van der Waals surface area contributed by atoms with Crippen LogP contribution in [0.4, 0.5) is 0 Å². The fraction of sp³-hybridized carbons (Fsp3) is 0.444. The molecule has 2 heterocycles. The Kier molecular flexibility index (Phi) is 5.54. The molecule has 0 spiro atoms. The van der Waals surface area contributed by atoms with Crippen molar-refractivity contribution in [3.8, 4) is 11.5 Å². The molecule has 1 aliphatic rings. The minimum absolute atomic E-state index is 0.283. The maximum absolute atomic E-state index is 10.2. The summed E-state index contributed by atoms with van der Waals surface area (Å²) in [6, 6.07) is 7.56. The first-order valence-corrected chi connectivity index (χ1v) is 8.90. The molecule has 0 amide bonds. The first kappa shape index (κ1) is 16.3. The minimum atomic E-state index is 0.283. The summed E-state index contributed by atoms with van der Waals surface area (Å²) < 4.78 is 11.2. The summed E-state index contributed by atoms with van der Waals surface area (Å²) in [5.41, 5.74) is 2.13. The van der Waals surface area contributed by atoms with E-state index in [4.69, 9.17) is 9.47 Å². The van der Waals surface area contributed by atoms with Crippen molar-refractivity contribution in [1.29, 1.82) is 0 Å². The van der Waals surface area contributed by atoms with Gasteiger partial charge in [0, 0.05) is 31.8 Å². The third-order valence-electron chi connectivity index (χ3n) is 4.18. The van der Waals surface area contributed by atoms with E-state index in [1.807, 2.05) is 6.07 Å². The molecule has 2 aromatic rings. The number of hydrogen-bond acceptors (Lipinski definition) is 5. The lowest BCUT2D eigenvalue weighted by atomic mass is 10.1. The first-order chi connectivity index (χ1) is 11.3. The fourth-order valence-corrected chi connectivity index (χ4v) is 3.69. The number of nitrogens with zero attached hydrogens (tertiary/aromatic N) is 1. The number of ether oxygens (including phenoxy) is 2. The van der Waals surface area contributed by atoms with E-state index >= 15 is 0 Å². The zero-order valence-corrected chi connectivity index (χ0v) is 14.2. The largest absolute Gasteiger partial charge is 0.507 e. The van der Waals surface area contributed by atoms with E-state index in [2.05, 4.69) is 21.7 Å². The van der Waals surface area contributed by atoms with Gasteiger partial charge in [0.1, 0.15) is 11.5 Å². The molecule has 23 heavy (non-hydrogen) atoms. The van der Waals surface area contributed by atoms with E-state index in [-0.39, 0.29) is 11.9 Å². The van der Waals surface area contributed by atoms with Crippen molar-refractivity contribution >= 4 is 11.3 Å². The molecule has 1 unspecified atom stereocenters. The van der Waals surface area contributed by atoms with Gasteiger partial charge in [-0.05, 0) is 47.4 Å². The van der Waals surface area contributed by atoms with Gasteiger partial charge in [0.25, 0.3) is 0 Å². The van der Waals surface area contributed by atoms with Crippen LogP contribution in [0, 0.1) is 0 Å². The molecular weight excluding hydrogens is 310 g/mol. The highest BCUT2D eigenvalue weighted by atomic mass is 32.1. The lowest BCUT2D eigenvalue weighted by Crippen LogP contribution is -2.31. The van der Waals surface area contributed by atoms with Gasteiger partial charge in [0.15, 0.2) is 0 Å². The van der Waals surface area contributed by atoms with Crippen LogP contribution in [-0.4, -0.2) is 36.4 Å². The highest BCUT2D eigenvalue weighted by molar-refractivity contribution is 7.07. The average Bonchev–Trinajstić information content (AvgIpc) is 3.23. The maximum Gasteiger partial charge on any atom is 0.127 e. The predicted octanol–water partition coefficient (Wildman–Crippen LogP) is 3.64. The molecule has 0 bridgehead atoms. The second-order valence-electron chi connectivity index (χ2n) is 5.89. The zero-order chi connectivity index (χ0) is 16.1. The SMILES string of the molecule is COc1cccc(O)c1CN(Cc1ccsc1)CC1CCCO1. The van der Waals surface area contributed by atoms with Crippen molar-refractivity contribution < 1.29 is 14.6 Å². The van der Waals surface area contributed by atoms with Gasteiger partial charge >= 0.3 is 0 Å². The third kappa shape index (κ3) is 4.25. The van der Waals surface area contributed by atoms with Crippen molar-refractivity contribution in [2.24, 2.45) is 0 Å². The molecule has 4 nitrogen and oxygen atoms in total. The van der Waals surface area contributed by atoms with Crippen LogP contribution in [0.25, 0.3) is 0 Å². The van der Waals surface area contributed by atoms with Crippen LogP contribution < -0.4 is 4.74 Å². The highest BCUT2D eigenvalue weighted by Crippen LogP contribution is 2.29. The fourth-order valence-electron chi connectivity index (χ4n) is 3.03. The van der Waals surface area contributed by atoms with Gasteiger partial charge in [0.2, 0.25) is 0 Å². The van der Waals surface area contributed by atoms with Gasteiger partial charge in [-0.25, -0.2) is 0 Å². The van der Waals surface area contributed by atoms with E-state index in [0.717, 1.165) is 43.9 Å². The smallest absolute Gasteiger partial charge is 0.127 e. The van der Waals surface area contributed by atoms with Gasteiger partial charge in [-0.1, -0.05) is 6.07 Å². The first-order valence-electron chi connectivity index (χ1n) is 7.96. The van der Waals surface area contributed by atoms with Crippen molar-refractivity contribution in [3.63, 3.8) is 0 Å². The number of benzene rings is 1. The Labute approximate surface area is 141 Å². The van der Waals surface area contributed by atoms with Gasteiger partial charge < -0.3 is 14.6 Å². The van der Waals surface area contributed by atoms with Crippen LogP contribution in [0.5, 0.6) is 11.5 Å². The Morgan fingerprint density at radius 2 is 2.26 bits per heavy atom. The summed E-state index contributed by atoms with van der Waals surface area (Å²) >= 11 is 1.71.